The van der Waals surface area contributed by atoms with Crippen LogP contribution in [0.3, 0.4) is 0 Å². The topological polar surface area (TPSA) is 68.4 Å². The van der Waals surface area contributed by atoms with Gasteiger partial charge < -0.3 is 10.3 Å². The van der Waals surface area contributed by atoms with Crippen LogP contribution < -0.4 is 5.32 Å². The number of aromatic nitrogens is 1. The summed E-state index contributed by atoms with van der Waals surface area (Å²) in [4.78, 5) is 5.29. The van der Waals surface area contributed by atoms with Gasteiger partial charge in [0.1, 0.15) is 11.6 Å². The molecule has 34 heavy (non-hydrogen) atoms. The molecule has 0 spiro atoms. The van der Waals surface area contributed by atoms with Gasteiger partial charge in [0.2, 0.25) is 10.0 Å². The molecule has 5 rings (SSSR count). The molecule has 0 saturated carbocycles. The SMILES string of the molecule is CS(=O)(=O)N1CCc2c([nH]c3ccccc23)[C@@H]1c1c(F)cc(NC2CN(CCCF)C2)cc1F. The number of anilines is 1. The first kappa shape index (κ1) is 23.2. The fourth-order valence-corrected chi connectivity index (χ4v) is 6.17. The summed E-state index contributed by atoms with van der Waals surface area (Å²) in [7, 11) is -3.74. The zero-order valence-electron chi connectivity index (χ0n) is 18.8. The lowest BCUT2D eigenvalue weighted by Crippen LogP contribution is -2.54. The first-order valence-electron chi connectivity index (χ1n) is 11.4. The Balaban J connectivity index is 1.49. The molecule has 1 saturated heterocycles. The molecule has 6 nitrogen and oxygen atoms in total. The molecule has 1 aromatic heterocycles. The summed E-state index contributed by atoms with van der Waals surface area (Å²) in [6.45, 7) is 1.78. The van der Waals surface area contributed by atoms with Gasteiger partial charge in [0.05, 0.1) is 25.0 Å². The molecule has 0 aliphatic carbocycles. The van der Waals surface area contributed by atoms with E-state index in [9.17, 15) is 12.8 Å². The Kier molecular flexibility index (Phi) is 6.07. The van der Waals surface area contributed by atoms with Crippen molar-refractivity contribution in [3.63, 3.8) is 0 Å². The molecule has 182 valence electrons. The average Bonchev–Trinajstić information content (AvgIpc) is 3.13. The zero-order chi connectivity index (χ0) is 24.0. The third-order valence-corrected chi connectivity index (χ3v) is 7.95. The molecule has 10 heteroatoms. The molecule has 0 amide bonds. The van der Waals surface area contributed by atoms with Crippen molar-refractivity contribution in [2.75, 3.05) is 44.4 Å². The molecule has 1 atom stereocenters. The van der Waals surface area contributed by atoms with Crippen LogP contribution in [0.2, 0.25) is 0 Å². The number of para-hydroxylation sites is 1. The Hall–Kier alpha value is -2.56. The van der Waals surface area contributed by atoms with Crippen molar-refractivity contribution in [2.45, 2.75) is 24.9 Å². The molecule has 0 radical (unpaired) electrons. The van der Waals surface area contributed by atoms with Crippen molar-refractivity contribution >= 4 is 26.6 Å². The van der Waals surface area contributed by atoms with Gasteiger partial charge in [-0.2, -0.15) is 4.31 Å². The summed E-state index contributed by atoms with van der Waals surface area (Å²) < 4.78 is 69.6. The quantitative estimate of drug-likeness (QED) is 0.527. The minimum absolute atomic E-state index is 0.0202. The summed E-state index contributed by atoms with van der Waals surface area (Å²) in [5.74, 6) is -1.61. The lowest BCUT2D eigenvalue weighted by atomic mass is 9.93. The molecule has 2 N–H and O–H groups in total. The Labute approximate surface area is 196 Å². The van der Waals surface area contributed by atoms with Gasteiger partial charge >= 0.3 is 0 Å². The average molecular weight is 493 g/mol. The lowest BCUT2D eigenvalue weighted by Gasteiger charge is -2.40. The number of rotatable bonds is 7. The highest BCUT2D eigenvalue weighted by molar-refractivity contribution is 7.88. The highest BCUT2D eigenvalue weighted by atomic mass is 32.2. The van der Waals surface area contributed by atoms with E-state index >= 15 is 8.78 Å². The van der Waals surface area contributed by atoms with Crippen LogP contribution in [0.5, 0.6) is 0 Å². The van der Waals surface area contributed by atoms with Gasteiger partial charge in [-0.25, -0.2) is 17.2 Å². The van der Waals surface area contributed by atoms with Gasteiger partial charge in [0.15, 0.2) is 0 Å². The van der Waals surface area contributed by atoms with Crippen molar-refractivity contribution in [1.29, 1.82) is 0 Å². The number of hydrogen-bond donors (Lipinski definition) is 2. The molecule has 2 aliphatic rings. The van der Waals surface area contributed by atoms with E-state index in [2.05, 4.69) is 15.2 Å². The number of alkyl halides is 1. The molecule has 3 heterocycles. The van der Waals surface area contributed by atoms with Crippen molar-refractivity contribution < 1.29 is 21.6 Å². The molecule has 0 unspecified atom stereocenters. The maximum Gasteiger partial charge on any atom is 0.212 e. The number of nitrogens with zero attached hydrogens (tertiary/aromatic N) is 2. The highest BCUT2D eigenvalue weighted by Crippen LogP contribution is 2.42. The first-order chi connectivity index (χ1) is 16.3. The molecule has 1 fully saturated rings. The maximum atomic E-state index is 15.5. The van der Waals surface area contributed by atoms with E-state index in [1.807, 2.05) is 24.3 Å². The predicted molar refractivity (Wildman–Crippen MR) is 126 cm³/mol. The zero-order valence-corrected chi connectivity index (χ0v) is 19.6. The number of aromatic amines is 1. The smallest absolute Gasteiger partial charge is 0.212 e. The van der Waals surface area contributed by atoms with Crippen LogP contribution in [-0.2, 0) is 16.4 Å². The van der Waals surface area contributed by atoms with Gasteiger partial charge in [-0.1, -0.05) is 18.2 Å². The Bertz CT molecular complexity index is 1300. The van der Waals surface area contributed by atoms with Crippen LogP contribution in [0.15, 0.2) is 36.4 Å². The monoisotopic (exact) mass is 492 g/mol. The second-order valence-electron chi connectivity index (χ2n) is 9.09. The van der Waals surface area contributed by atoms with E-state index in [1.54, 1.807) is 0 Å². The van der Waals surface area contributed by atoms with Crippen molar-refractivity contribution in [1.82, 2.24) is 14.2 Å². The van der Waals surface area contributed by atoms with E-state index in [0.717, 1.165) is 27.0 Å². The predicted octanol–water partition coefficient (Wildman–Crippen LogP) is 3.81. The van der Waals surface area contributed by atoms with E-state index in [4.69, 9.17) is 0 Å². The van der Waals surface area contributed by atoms with E-state index in [0.29, 0.717) is 43.9 Å². The lowest BCUT2D eigenvalue weighted by molar-refractivity contribution is 0.155. The normalized spacial score (nSPS) is 19.8. The molecule has 3 aromatic rings. The van der Waals surface area contributed by atoms with E-state index < -0.39 is 27.7 Å². The van der Waals surface area contributed by atoms with Gasteiger partial charge in [-0.15, -0.1) is 0 Å². The number of likely N-dealkylation sites (tertiary alicyclic amines) is 1. The number of hydrogen-bond acceptors (Lipinski definition) is 4. The Morgan fingerprint density at radius 2 is 1.85 bits per heavy atom. The summed E-state index contributed by atoms with van der Waals surface area (Å²) in [6, 6.07) is 8.87. The van der Waals surface area contributed by atoms with Crippen LogP contribution in [0.4, 0.5) is 18.9 Å². The van der Waals surface area contributed by atoms with Gasteiger partial charge in [0, 0.05) is 54.0 Å². The van der Waals surface area contributed by atoms with Crippen LogP contribution in [0, 0.1) is 11.6 Å². The Morgan fingerprint density at radius 1 is 1.15 bits per heavy atom. The largest absolute Gasteiger partial charge is 0.380 e. The third-order valence-electron chi connectivity index (χ3n) is 6.70. The number of benzene rings is 2. The number of fused-ring (bicyclic) bond motifs is 3. The summed E-state index contributed by atoms with van der Waals surface area (Å²) in [5, 5.41) is 4.05. The number of halogens is 3. The van der Waals surface area contributed by atoms with E-state index in [-0.39, 0.29) is 24.8 Å². The van der Waals surface area contributed by atoms with Crippen molar-refractivity contribution in [3.05, 3.63) is 64.9 Å². The second kappa shape index (κ2) is 8.90. The fourth-order valence-electron chi connectivity index (χ4n) is 5.16. The number of nitrogens with one attached hydrogen (secondary N) is 2. The third kappa shape index (κ3) is 4.18. The summed E-state index contributed by atoms with van der Waals surface area (Å²) in [6.07, 6.45) is 1.98. The number of H-pyrrole nitrogens is 1. The molecular formula is C24H27F3N4O2S. The minimum atomic E-state index is -3.74. The number of sulfonamides is 1. The molecular weight excluding hydrogens is 465 g/mol. The van der Waals surface area contributed by atoms with E-state index in [1.165, 1.54) is 12.1 Å². The van der Waals surface area contributed by atoms with Crippen LogP contribution >= 0.6 is 0 Å². The van der Waals surface area contributed by atoms with Crippen LogP contribution in [-0.4, -0.2) is 67.8 Å². The van der Waals surface area contributed by atoms with Crippen LogP contribution in [0.25, 0.3) is 10.9 Å². The molecule has 2 aromatic carbocycles. The van der Waals surface area contributed by atoms with Gasteiger partial charge in [-0.3, -0.25) is 9.29 Å². The minimum Gasteiger partial charge on any atom is -0.380 e. The standard InChI is InChI=1S/C24H27F3N4O2S/c1-34(32,33)31-10-7-18-17-5-2-3-6-21(17)29-23(18)24(31)22-19(26)11-15(12-20(22)27)28-16-13-30(14-16)9-4-8-25/h2-3,5-6,11-12,16,24,28-29H,4,7-10,13-14H2,1H3/t24-/m0/s1. The Morgan fingerprint density at radius 3 is 2.53 bits per heavy atom. The van der Waals surface area contributed by atoms with Gasteiger partial charge in [0.25, 0.3) is 0 Å². The summed E-state index contributed by atoms with van der Waals surface area (Å²) in [5.41, 5.74) is 2.19. The first-order valence-corrected chi connectivity index (χ1v) is 13.2. The second-order valence-corrected chi connectivity index (χ2v) is 11.0. The fraction of sp³-hybridized carbons (Fsp3) is 0.417. The van der Waals surface area contributed by atoms with Crippen molar-refractivity contribution in [2.24, 2.45) is 0 Å². The van der Waals surface area contributed by atoms with Crippen LogP contribution in [0.1, 0.15) is 29.3 Å². The molecule has 0 bridgehead atoms. The maximum absolute atomic E-state index is 15.5. The van der Waals surface area contributed by atoms with Crippen molar-refractivity contribution in [3.8, 4) is 0 Å². The highest BCUT2D eigenvalue weighted by Gasteiger charge is 2.39. The summed E-state index contributed by atoms with van der Waals surface area (Å²) >= 11 is 0. The van der Waals surface area contributed by atoms with Gasteiger partial charge in [-0.05, 0) is 36.6 Å². The molecule has 2 aliphatic heterocycles.